The number of ether oxygens (including phenoxy) is 2. The normalized spacial score (nSPS) is 41.4. The Balaban J connectivity index is 1.21. The summed E-state index contributed by atoms with van der Waals surface area (Å²) in [5.41, 5.74) is 4.50. The molecular weight excluding hydrogens is 477 g/mol. The van der Waals surface area contributed by atoms with Crippen LogP contribution < -0.4 is 10.5 Å². The summed E-state index contributed by atoms with van der Waals surface area (Å²) in [6.07, 6.45) is -11.0. The van der Waals surface area contributed by atoms with Gasteiger partial charge in [0, 0.05) is 65.0 Å². The summed E-state index contributed by atoms with van der Waals surface area (Å²) < 4.78 is 104. The number of hydrogen-bond acceptors (Lipinski definition) is 7. The number of nitrogens with zero attached hydrogens (tertiary/aromatic N) is 4. The van der Waals surface area contributed by atoms with E-state index < -0.39 is 49.6 Å². The van der Waals surface area contributed by atoms with Crippen LogP contribution in [-0.4, -0.2) is 68.4 Å². The first kappa shape index (κ1) is 15.1. The SMILES string of the molecule is [2H]C1([2H])C([2H])([2H])C2(COc3ccc(F)c(-c4cn(C5CC(N6CCSCC6)C5)c5ncnc(N)c45)c3)OC1([2H])C([2H])([2H])C2([2H])[2H]. The van der Waals surface area contributed by atoms with Gasteiger partial charge >= 0.3 is 0 Å². The van der Waals surface area contributed by atoms with Gasteiger partial charge in [-0.05, 0) is 56.5 Å². The predicted octanol–water partition coefficient (Wildman–Crippen LogP) is 4.66. The van der Waals surface area contributed by atoms with Crippen LogP contribution in [0.5, 0.6) is 5.75 Å². The number of rotatable bonds is 6. The Bertz CT molecular complexity index is 1650. The van der Waals surface area contributed by atoms with Crippen molar-refractivity contribution in [3.8, 4) is 16.9 Å². The molecule has 0 radical (unpaired) electrons. The Morgan fingerprint density at radius 3 is 2.81 bits per heavy atom. The Hall–Kier alpha value is -2.36. The van der Waals surface area contributed by atoms with Gasteiger partial charge < -0.3 is 19.8 Å². The maximum atomic E-state index is 15.5. The fourth-order valence-corrected chi connectivity index (χ4v) is 6.29. The summed E-state index contributed by atoms with van der Waals surface area (Å²) in [6, 6.07) is 4.28. The molecule has 2 bridgehead atoms. The molecule has 0 unspecified atom stereocenters. The van der Waals surface area contributed by atoms with Gasteiger partial charge in [0.2, 0.25) is 0 Å². The molecule has 9 heteroatoms. The molecule has 7 nitrogen and oxygen atoms in total. The van der Waals surface area contributed by atoms with Gasteiger partial charge in [0.25, 0.3) is 0 Å². The van der Waals surface area contributed by atoms with Gasteiger partial charge in [-0.15, -0.1) is 0 Å². The van der Waals surface area contributed by atoms with Crippen LogP contribution in [0.3, 0.4) is 0 Å². The summed E-state index contributed by atoms with van der Waals surface area (Å²) in [5, 5.41) is 0.452. The fraction of sp³-hybridized carbons (Fsp3) is 0.556. The molecule has 3 aromatic rings. The van der Waals surface area contributed by atoms with Crippen molar-refractivity contribution in [1.29, 1.82) is 0 Å². The summed E-state index contributed by atoms with van der Waals surface area (Å²) in [4.78, 5) is 11.1. The number of halogens is 1. The van der Waals surface area contributed by atoms with E-state index in [0.29, 0.717) is 22.6 Å². The minimum absolute atomic E-state index is 0.0329. The molecule has 5 heterocycles. The maximum Gasteiger partial charge on any atom is 0.146 e. The maximum absolute atomic E-state index is 15.5. The van der Waals surface area contributed by atoms with Crippen molar-refractivity contribution in [2.75, 3.05) is 36.9 Å². The van der Waals surface area contributed by atoms with Crippen LogP contribution in [0.25, 0.3) is 22.2 Å². The molecule has 3 saturated heterocycles. The molecule has 1 aromatic carbocycles. The highest BCUT2D eigenvalue weighted by atomic mass is 32.2. The molecule has 7 rings (SSSR count). The van der Waals surface area contributed by atoms with Crippen LogP contribution >= 0.6 is 11.8 Å². The average Bonchev–Trinajstić information content (AvgIpc) is 3.44. The zero-order valence-corrected chi connectivity index (χ0v) is 20.3. The van der Waals surface area contributed by atoms with Gasteiger partial charge in [-0.1, -0.05) is 0 Å². The topological polar surface area (TPSA) is 78.4 Å². The number of aromatic nitrogens is 3. The summed E-state index contributed by atoms with van der Waals surface area (Å²) >= 11 is 1.96. The molecule has 0 atom stereocenters. The summed E-state index contributed by atoms with van der Waals surface area (Å²) in [5.74, 6) is 1.73. The first-order valence-corrected chi connectivity index (χ1v) is 13.2. The van der Waals surface area contributed by atoms with Crippen LogP contribution in [0.2, 0.25) is 0 Å². The van der Waals surface area contributed by atoms with Gasteiger partial charge in [0.1, 0.15) is 41.6 Å². The molecule has 0 spiro atoms. The minimum Gasteiger partial charge on any atom is -0.491 e. The highest BCUT2D eigenvalue weighted by Gasteiger charge is 2.46. The highest BCUT2D eigenvalue weighted by Crippen LogP contribution is 2.45. The lowest BCUT2D eigenvalue weighted by atomic mass is 9.85. The smallest absolute Gasteiger partial charge is 0.146 e. The monoisotopic (exact) mass is 518 g/mol. The van der Waals surface area contributed by atoms with E-state index in [1.165, 1.54) is 18.5 Å². The quantitative estimate of drug-likeness (QED) is 0.508. The van der Waals surface area contributed by atoms with E-state index in [4.69, 9.17) is 27.5 Å². The first-order valence-electron chi connectivity index (χ1n) is 16.6. The van der Waals surface area contributed by atoms with Gasteiger partial charge in [0.05, 0.1) is 12.8 Å². The van der Waals surface area contributed by atoms with Gasteiger partial charge in [0.15, 0.2) is 0 Å². The van der Waals surface area contributed by atoms with Crippen molar-refractivity contribution < 1.29 is 26.2 Å². The zero-order valence-electron chi connectivity index (χ0n) is 28.5. The standard InChI is InChI=1S/C27H32FN5O2S/c28-23-2-1-20(34-15-27-5-3-19(35-27)4-6-27)13-21(23)22-14-33(26-24(22)25(29)30-16-31-26)18-11-17(12-18)32-7-9-36-10-8-32/h1-2,13-14,16-19H,3-12,15H2,(H2,29,30,31)/i3D2,4D2,5D2,6D2,19D. The number of benzene rings is 1. The van der Waals surface area contributed by atoms with Gasteiger partial charge in [-0.3, -0.25) is 4.90 Å². The Kier molecular flexibility index (Phi) is 3.74. The molecule has 4 fully saturated rings. The van der Waals surface area contributed by atoms with E-state index in [1.807, 2.05) is 16.3 Å². The van der Waals surface area contributed by atoms with Crippen molar-refractivity contribution in [3.05, 3.63) is 36.5 Å². The van der Waals surface area contributed by atoms with Crippen LogP contribution in [0.4, 0.5) is 10.2 Å². The molecule has 36 heavy (non-hydrogen) atoms. The lowest BCUT2D eigenvalue weighted by Crippen LogP contribution is -2.48. The molecule has 1 saturated carbocycles. The van der Waals surface area contributed by atoms with E-state index in [1.54, 1.807) is 6.20 Å². The molecule has 4 aliphatic rings. The Labute approximate surface area is 227 Å². The van der Waals surface area contributed by atoms with Crippen molar-refractivity contribution in [3.63, 3.8) is 0 Å². The molecule has 2 aromatic heterocycles. The van der Waals surface area contributed by atoms with E-state index in [2.05, 4.69) is 14.9 Å². The van der Waals surface area contributed by atoms with Gasteiger partial charge in [-0.25, -0.2) is 14.4 Å². The molecule has 3 aliphatic heterocycles. The third-order valence-corrected chi connectivity index (χ3v) is 8.33. The van der Waals surface area contributed by atoms with Crippen molar-refractivity contribution in [1.82, 2.24) is 19.4 Å². The largest absolute Gasteiger partial charge is 0.491 e. The second kappa shape index (κ2) is 8.89. The fourth-order valence-electron chi connectivity index (χ4n) is 5.36. The number of hydrogen-bond donors (Lipinski definition) is 1. The number of thioether (sulfide) groups is 1. The summed E-state index contributed by atoms with van der Waals surface area (Å²) in [7, 11) is 0. The van der Waals surface area contributed by atoms with E-state index >= 15 is 4.39 Å². The predicted molar refractivity (Wildman–Crippen MR) is 140 cm³/mol. The second-order valence-electron chi connectivity index (χ2n) is 9.52. The lowest BCUT2D eigenvalue weighted by Gasteiger charge is -2.45. The highest BCUT2D eigenvalue weighted by molar-refractivity contribution is 7.99. The van der Waals surface area contributed by atoms with E-state index in [-0.39, 0.29) is 23.2 Å². The molecule has 0 amide bonds. The van der Waals surface area contributed by atoms with Crippen LogP contribution in [0.15, 0.2) is 30.7 Å². The molecule has 2 N–H and O–H groups in total. The van der Waals surface area contributed by atoms with Crippen molar-refractivity contribution >= 4 is 28.6 Å². The van der Waals surface area contributed by atoms with Crippen LogP contribution in [0.1, 0.15) is 56.7 Å². The molecule has 1 aliphatic carbocycles. The molecule has 190 valence electrons. The Morgan fingerprint density at radius 2 is 2.00 bits per heavy atom. The summed E-state index contributed by atoms with van der Waals surface area (Å²) in [6.45, 7) is 1.13. The third kappa shape index (κ3) is 3.87. The number of nitrogen functional groups attached to an aromatic ring is 1. The zero-order chi connectivity index (χ0) is 32.4. The Morgan fingerprint density at radius 1 is 1.19 bits per heavy atom. The second-order valence-corrected chi connectivity index (χ2v) is 10.7. The molecular formula is C27H32FN5O2S. The van der Waals surface area contributed by atoms with E-state index in [0.717, 1.165) is 43.5 Å². The van der Waals surface area contributed by atoms with Crippen molar-refractivity contribution in [2.24, 2.45) is 0 Å². The first-order chi connectivity index (χ1) is 21.0. The number of nitrogens with two attached hydrogens (primary N) is 1. The van der Waals surface area contributed by atoms with Gasteiger partial charge in [-0.2, -0.15) is 11.8 Å². The van der Waals surface area contributed by atoms with Crippen LogP contribution in [-0.2, 0) is 4.74 Å². The van der Waals surface area contributed by atoms with Crippen molar-refractivity contribution in [2.45, 2.75) is 62.1 Å². The third-order valence-electron chi connectivity index (χ3n) is 7.38. The number of fused-ring (bicyclic) bond motifs is 3. The minimum atomic E-state index is -3.22. The lowest BCUT2D eigenvalue weighted by molar-refractivity contribution is -0.0198. The van der Waals surface area contributed by atoms with E-state index in [9.17, 15) is 0 Å². The average molecular weight is 519 g/mol. The van der Waals surface area contributed by atoms with Crippen LogP contribution in [0, 0.1) is 5.82 Å². The number of anilines is 1.